The van der Waals surface area contributed by atoms with Gasteiger partial charge in [-0.2, -0.15) is 0 Å². The number of aliphatic hydroxyl groups is 1. The minimum atomic E-state index is -0.947. The van der Waals surface area contributed by atoms with Gasteiger partial charge < -0.3 is 24.6 Å². The van der Waals surface area contributed by atoms with Gasteiger partial charge in [0.05, 0.1) is 25.3 Å². The number of carbonyl (C=O) groups excluding carboxylic acids is 1. The van der Waals surface area contributed by atoms with E-state index in [-0.39, 0.29) is 24.2 Å². The molecule has 152 valence electrons. The van der Waals surface area contributed by atoms with Crippen molar-refractivity contribution in [3.8, 4) is 17.2 Å². The molecule has 7 nitrogen and oxygen atoms in total. The van der Waals surface area contributed by atoms with Crippen LogP contribution in [0.4, 0.5) is 0 Å². The monoisotopic (exact) mass is 416 g/mol. The fourth-order valence-corrected chi connectivity index (χ4v) is 3.03. The highest BCUT2D eigenvalue weighted by atomic mass is 35.5. The predicted molar refractivity (Wildman–Crippen MR) is 110 cm³/mol. The number of carbonyl (C=O) groups is 1. The summed E-state index contributed by atoms with van der Waals surface area (Å²) in [5.41, 5.74) is 1.01. The summed E-state index contributed by atoms with van der Waals surface area (Å²) in [6, 6.07) is 13.9. The molecule has 0 aliphatic rings. The highest BCUT2D eigenvalue weighted by molar-refractivity contribution is 6.30. The molecule has 1 unspecified atom stereocenters. The van der Waals surface area contributed by atoms with Crippen molar-refractivity contribution < 1.29 is 24.1 Å². The van der Waals surface area contributed by atoms with Crippen LogP contribution in [-0.2, 0) is 0 Å². The largest absolute Gasteiger partial charge is 0.493 e. The molecule has 2 N–H and O–H groups in total. The van der Waals surface area contributed by atoms with E-state index in [4.69, 9.17) is 25.8 Å². The zero-order chi connectivity index (χ0) is 20.8. The number of amides is 1. The fraction of sp³-hybridized carbons (Fsp3) is 0.238. The van der Waals surface area contributed by atoms with E-state index in [1.165, 1.54) is 20.3 Å². The number of benzene rings is 2. The second-order valence-electron chi connectivity index (χ2n) is 6.18. The molecule has 1 amide bonds. The van der Waals surface area contributed by atoms with Gasteiger partial charge in [-0.1, -0.05) is 35.9 Å². The number of fused-ring (bicyclic) bond motifs is 1. The first-order valence-electron chi connectivity index (χ1n) is 8.88. The molecule has 0 saturated heterocycles. The molecule has 1 heterocycles. The van der Waals surface area contributed by atoms with E-state index >= 15 is 0 Å². The van der Waals surface area contributed by atoms with E-state index in [0.29, 0.717) is 33.7 Å². The molecule has 29 heavy (non-hydrogen) atoms. The van der Waals surface area contributed by atoms with Crippen molar-refractivity contribution in [2.75, 3.05) is 27.4 Å². The van der Waals surface area contributed by atoms with Crippen molar-refractivity contribution in [1.29, 1.82) is 0 Å². The summed E-state index contributed by atoms with van der Waals surface area (Å²) in [4.78, 5) is 16.8. The molecule has 0 bridgehead atoms. The van der Waals surface area contributed by atoms with Crippen molar-refractivity contribution in [1.82, 2.24) is 10.3 Å². The number of nitrogens with zero attached hydrogens (tertiary/aromatic N) is 1. The molecule has 0 aliphatic carbocycles. The Bertz CT molecular complexity index is 989. The number of para-hydroxylation sites is 2. The number of nitrogens with one attached hydrogen (secondary N) is 1. The predicted octanol–water partition coefficient (Wildman–Crippen LogP) is 3.08. The van der Waals surface area contributed by atoms with Crippen molar-refractivity contribution in [2.24, 2.45) is 0 Å². The number of ether oxygens (including phenoxy) is 3. The van der Waals surface area contributed by atoms with Gasteiger partial charge in [0.15, 0.2) is 11.5 Å². The number of halogens is 1. The van der Waals surface area contributed by atoms with Crippen LogP contribution < -0.4 is 19.5 Å². The van der Waals surface area contributed by atoms with E-state index in [1.807, 2.05) is 12.1 Å². The molecule has 0 saturated carbocycles. The van der Waals surface area contributed by atoms with Crippen LogP contribution in [0.25, 0.3) is 10.9 Å². The molecule has 3 rings (SSSR count). The first kappa shape index (κ1) is 20.7. The lowest BCUT2D eigenvalue weighted by atomic mass is 10.1. The second-order valence-corrected chi connectivity index (χ2v) is 6.56. The highest BCUT2D eigenvalue weighted by Gasteiger charge is 2.16. The van der Waals surface area contributed by atoms with E-state index in [1.54, 1.807) is 30.3 Å². The molecule has 0 aliphatic heterocycles. The van der Waals surface area contributed by atoms with Gasteiger partial charge in [0.2, 0.25) is 5.75 Å². The van der Waals surface area contributed by atoms with Crippen molar-refractivity contribution >= 4 is 28.4 Å². The van der Waals surface area contributed by atoms with Gasteiger partial charge in [-0.15, -0.1) is 0 Å². The van der Waals surface area contributed by atoms with Gasteiger partial charge in [-0.05, 0) is 24.3 Å². The Labute approximate surface area is 173 Å². The molecule has 2 aromatic carbocycles. The van der Waals surface area contributed by atoms with Crippen molar-refractivity contribution in [3.05, 3.63) is 59.2 Å². The first-order chi connectivity index (χ1) is 14.0. The summed E-state index contributed by atoms with van der Waals surface area (Å²) in [6.07, 6.45) is -0.947. The Hall–Kier alpha value is -3.03. The summed E-state index contributed by atoms with van der Waals surface area (Å²) < 4.78 is 16.2. The molecule has 0 radical (unpaired) electrons. The van der Waals surface area contributed by atoms with Crippen LogP contribution >= 0.6 is 11.6 Å². The zero-order valence-corrected chi connectivity index (χ0v) is 16.8. The third-order valence-electron chi connectivity index (χ3n) is 4.23. The normalized spacial score (nSPS) is 11.7. The lowest BCUT2D eigenvalue weighted by Crippen LogP contribution is -2.35. The Kier molecular flexibility index (Phi) is 6.74. The van der Waals surface area contributed by atoms with Gasteiger partial charge in [0.1, 0.15) is 17.9 Å². The van der Waals surface area contributed by atoms with Crippen LogP contribution in [0.15, 0.2) is 48.5 Å². The van der Waals surface area contributed by atoms with Crippen LogP contribution in [0.2, 0.25) is 5.15 Å². The third-order valence-corrected chi connectivity index (χ3v) is 4.42. The number of methoxy groups -OCH3 is 2. The van der Waals surface area contributed by atoms with Crippen LogP contribution in [0, 0.1) is 0 Å². The molecular weight excluding hydrogens is 396 g/mol. The number of aromatic nitrogens is 1. The molecule has 1 aromatic heterocycles. The Morgan fingerprint density at radius 3 is 2.52 bits per heavy atom. The van der Waals surface area contributed by atoms with Gasteiger partial charge in [0.25, 0.3) is 5.91 Å². The summed E-state index contributed by atoms with van der Waals surface area (Å²) >= 11 is 6.02. The smallest absolute Gasteiger partial charge is 0.252 e. The molecule has 3 aromatic rings. The fourth-order valence-electron chi connectivity index (χ4n) is 2.83. The topological polar surface area (TPSA) is 89.9 Å². The zero-order valence-electron chi connectivity index (χ0n) is 16.0. The lowest BCUT2D eigenvalue weighted by molar-refractivity contribution is 0.0835. The van der Waals surface area contributed by atoms with Crippen molar-refractivity contribution in [3.63, 3.8) is 0 Å². The van der Waals surface area contributed by atoms with Crippen molar-refractivity contribution in [2.45, 2.75) is 6.10 Å². The van der Waals surface area contributed by atoms with E-state index in [0.717, 1.165) is 0 Å². The van der Waals surface area contributed by atoms with E-state index < -0.39 is 6.10 Å². The van der Waals surface area contributed by atoms with E-state index in [9.17, 15) is 9.90 Å². The average Bonchev–Trinajstić information content (AvgIpc) is 2.74. The molecule has 0 fully saturated rings. The minimum Gasteiger partial charge on any atom is -0.493 e. The number of rotatable bonds is 8. The van der Waals surface area contributed by atoms with Crippen LogP contribution in [0.5, 0.6) is 17.2 Å². The summed E-state index contributed by atoms with van der Waals surface area (Å²) in [5, 5.41) is 13.8. The standard InChI is InChI=1S/C21H21ClN2O5/c1-27-17-8-5-9-18(28-2)20(17)29-12-13(25)11-23-21(26)15-10-19(22)24-16-7-4-3-6-14(15)16/h3-10,13,25H,11-12H2,1-2H3,(H,23,26). The summed E-state index contributed by atoms with van der Waals surface area (Å²) in [5.74, 6) is 0.992. The maximum atomic E-state index is 12.6. The van der Waals surface area contributed by atoms with Gasteiger partial charge in [-0.25, -0.2) is 4.98 Å². The molecular formula is C21H21ClN2O5. The Balaban J connectivity index is 1.63. The lowest BCUT2D eigenvalue weighted by Gasteiger charge is -2.17. The van der Waals surface area contributed by atoms with Crippen LogP contribution in [0.1, 0.15) is 10.4 Å². The number of pyridine rings is 1. The molecule has 8 heteroatoms. The van der Waals surface area contributed by atoms with Crippen LogP contribution in [-0.4, -0.2) is 49.5 Å². The Morgan fingerprint density at radius 1 is 1.14 bits per heavy atom. The number of aliphatic hydroxyl groups excluding tert-OH is 1. The molecule has 0 spiro atoms. The third kappa shape index (κ3) is 4.88. The summed E-state index contributed by atoms with van der Waals surface area (Å²) in [6.45, 7) is -0.0700. The van der Waals surface area contributed by atoms with Crippen LogP contribution in [0.3, 0.4) is 0 Å². The highest BCUT2D eigenvalue weighted by Crippen LogP contribution is 2.36. The van der Waals surface area contributed by atoms with Gasteiger partial charge in [-0.3, -0.25) is 4.79 Å². The average molecular weight is 417 g/mol. The number of hydrogen-bond donors (Lipinski definition) is 2. The maximum absolute atomic E-state index is 12.6. The molecule has 1 atom stereocenters. The quantitative estimate of drug-likeness (QED) is 0.548. The maximum Gasteiger partial charge on any atom is 0.252 e. The second kappa shape index (κ2) is 9.45. The summed E-state index contributed by atoms with van der Waals surface area (Å²) in [7, 11) is 3.03. The van der Waals surface area contributed by atoms with Gasteiger partial charge >= 0.3 is 0 Å². The minimum absolute atomic E-state index is 0.00936. The van der Waals surface area contributed by atoms with Gasteiger partial charge in [0, 0.05) is 11.9 Å². The first-order valence-corrected chi connectivity index (χ1v) is 9.26. The SMILES string of the molecule is COc1cccc(OC)c1OCC(O)CNC(=O)c1cc(Cl)nc2ccccc12. The Morgan fingerprint density at radius 2 is 1.83 bits per heavy atom. The van der Waals surface area contributed by atoms with E-state index in [2.05, 4.69) is 10.3 Å². The number of hydrogen-bond acceptors (Lipinski definition) is 6.